The standard InChI is InChI=1S/C24H27N3O4.C16H21NO6/c1-24(2,3)31-23(29)27-19(22(28)30-16-17-10-6-4-7-11-17)14-21-25-15-20(26-21)18-12-8-5-9-13-18;1-16(2,3)23-15(21)17-12(9-13(18)19)14(20)22-10-11-7-5-4-6-8-11/h4-13,15,19H,14,16H2,1-3H3,(H,25,26)(H,27,29);4-8,12H,9-10H2,1-3H3,(H,17,21)(H,18,19)/t19-;12-/m00/s1. The first-order chi connectivity index (χ1) is 25.5. The van der Waals surface area contributed by atoms with Crippen molar-refractivity contribution < 1.29 is 48.0 Å². The zero-order valence-electron chi connectivity index (χ0n) is 31.3. The van der Waals surface area contributed by atoms with Crippen molar-refractivity contribution >= 4 is 30.1 Å². The molecule has 0 saturated carbocycles. The molecule has 1 heterocycles. The van der Waals surface area contributed by atoms with Gasteiger partial charge in [0, 0.05) is 6.42 Å². The third-order valence-electron chi connectivity index (χ3n) is 6.89. The van der Waals surface area contributed by atoms with E-state index in [4.69, 9.17) is 24.1 Å². The van der Waals surface area contributed by atoms with Gasteiger partial charge in [0.05, 0.1) is 18.3 Å². The molecule has 14 nitrogen and oxygen atoms in total. The summed E-state index contributed by atoms with van der Waals surface area (Å²) in [6.07, 6.45) is -0.318. The Morgan fingerprint density at radius 3 is 1.54 bits per heavy atom. The predicted octanol–water partition coefficient (Wildman–Crippen LogP) is 6.35. The van der Waals surface area contributed by atoms with Gasteiger partial charge in [0.1, 0.15) is 42.3 Å². The number of rotatable bonds is 13. The number of nitrogens with zero attached hydrogens (tertiary/aromatic N) is 1. The highest BCUT2D eigenvalue weighted by Crippen LogP contribution is 2.17. The Kier molecular flexibility index (Phi) is 15.8. The van der Waals surface area contributed by atoms with Crippen molar-refractivity contribution in [1.29, 1.82) is 0 Å². The molecule has 1 aromatic heterocycles. The fraction of sp³-hybridized carbons (Fsp3) is 0.350. The van der Waals surface area contributed by atoms with Crippen LogP contribution in [0.4, 0.5) is 9.59 Å². The van der Waals surface area contributed by atoms with E-state index in [0.717, 1.165) is 22.4 Å². The second kappa shape index (κ2) is 20.2. The second-order valence-electron chi connectivity index (χ2n) is 14.0. The van der Waals surface area contributed by atoms with Crippen LogP contribution in [0.3, 0.4) is 0 Å². The lowest BCUT2D eigenvalue weighted by Crippen LogP contribution is -2.45. The van der Waals surface area contributed by atoms with Crippen LogP contribution in [0, 0.1) is 0 Å². The molecule has 3 aromatic carbocycles. The van der Waals surface area contributed by atoms with Crippen LogP contribution in [0.2, 0.25) is 0 Å². The fourth-order valence-corrected chi connectivity index (χ4v) is 4.54. The van der Waals surface area contributed by atoms with Gasteiger partial charge in [-0.05, 0) is 58.2 Å². The Balaban J connectivity index is 0.000000305. The van der Waals surface area contributed by atoms with Gasteiger partial charge in [-0.15, -0.1) is 0 Å². The van der Waals surface area contributed by atoms with E-state index in [-0.39, 0.29) is 19.6 Å². The van der Waals surface area contributed by atoms with Crippen molar-refractivity contribution in [2.24, 2.45) is 0 Å². The molecule has 14 heteroatoms. The van der Waals surface area contributed by atoms with Crippen molar-refractivity contribution in [2.75, 3.05) is 0 Å². The first kappa shape index (κ1) is 42.2. The molecule has 2 amide bonds. The van der Waals surface area contributed by atoms with E-state index < -0.39 is 59.8 Å². The summed E-state index contributed by atoms with van der Waals surface area (Å²) in [6.45, 7) is 10.4. The minimum Gasteiger partial charge on any atom is -0.481 e. The number of amides is 2. The van der Waals surface area contributed by atoms with Gasteiger partial charge >= 0.3 is 30.1 Å². The number of aromatic nitrogens is 2. The fourth-order valence-electron chi connectivity index (χ4n) is 4.54. The summed E-state index contributed by atoms with van der Waals surface area (Å²) >= 11 is 0. The number of carbonyl (C=O) groups is 5. The van der Waals surface area contributed by atoms with Crippen molar-refractivity contribution in [2.45, 2.75) is 90.9 Å². The lowest BCUT2D eigenvalue weighted by molar-refractivity contribution is -0.151. The summed E-state index contributed by atoms with van der Waals surface area (Å²) < 4.78 is 20.8. The SMILES string of the molecule is CC(C)(C)OC(=O)N[C@@H](CC(=O)O)C(=O)OCc1ccccc1.CC(C)(C)OC(=O)N[C@@H](Cc1ncc(-c2ccccc2)[nH]1)C(=O)OCc1ccccc1. The number of ether oxygens (including phenoxy) is 4. The molecular formula is C40H48N4O10. The van der Waals surface area contributed by atoms with Gasteiger partial charge in [0.25, 0.3) is 0 Å². The first-order valence-corrected chi connectivity index (χ1v) is 17.2. The van der Waals surface area contributed by atoms with Crippen LogP contribution in [0.1, 0.15) is 64.9 Å². The normalized spacial score (nSPS) is 12.1. The summed E-state index contributed by atoms with van der Waals surface area (Å²) in [6, 6.07) is 25.7. The summed E-state index contributed by atoms with van der Waals surface area (Å²) in [5.74, 6) is -2.08. The molecule has 0 unspecified atom stereocenters. The zero-order chi connectivity index (χ0) is 39.7. The van der Waals surface area contributed by atoms with Gasteiger partial charge in [-0.25, -0.2) is 24.2 Å². The molecule has 4 aromatic rings. The molecule has 0 aliphatic carbocycles. The van der Waals surface area contributed by atoms with Crippen LogP contribution < -0.4 is 10.6 Å². The van der Waals surface area contributed by atoms with Gasteiger partial charge in [0.15, 0.2) is 0 Å². The average molecular weight is 745 g/mol. The van der Waals surface area contributed by atoms with E-state index >= 15 is 0 Å². The second-order valence-corrected chi connectivity index (χ2v) is 14.0. The molecule has 288 valence electrons. The average Bonchev–Trinajstić information content (AvgIpc) is 3.57. The Bertz CT molecular complexity index is 1800. The number of hydrogen-bond acceptors (Lipinski definition) is 10. The Labute approximate surface area is 314 Å². The summed E-state index contributed by atoms with van der Waals surface area (Å²) in [4.78, 5) is 67.2. The van der Waals surface area contributed by atoms with Crippen molar-refractivity contribution in [3.8, 4) is 11.3 Å². The van der Waals surface area contributed by atoms with E-state index in [9.17, 15) is 24.0 Å². The smallest absolute Gasteiger partial charge is 0.408 e. The molecule has 0 aliphatic heterocycles. The Morgan fingerprint density at radius 1 is 0.667 bits per heavy atom. The highest BCUT2D eigenvalue weighted by molar-refractivity contribution is 5.86. The van der Waals surface area contributed by atoms with Crippen LogP contribution in [-0.4, -0.2) is 68.5 Å². The van der Waals surface area contributed by atoms with E-state index in [0.29, 0.717) is 5.82 Å². The highest BCUT2D eigenvalue weighted by Gasteiger charge is 2.29. The number of alkyl carbamates (subject to hydrolysis) is 2. The van der Waals surface area contributed by atoms with Crippen LogP contribution >= 0.6 is 0 Å². The number of nitrogens with one attached hydrogen (secondary N) is 3. The van der Waals surface area contributed by atoms with E-state index in [2.05, 4.69) is 20.6 Å². The molecule has 0 bridgehead atoms. The quantitative estimate of drug-likeness (QED) is 0.0879. The molecule has 4 N–H and O–H groups in total. The number of aliphatic carboxylic acids is 1. The van der Waals surface area contributed by atoms with Crippen LogP contribution in [0.5, 0.6) is 0 Å². The maximum Gasteiger partial charge on any atom is 0.408 e. The minimum absolute atomic E-state index is 0.00814. The number of carboxylic acids is 1. The van der Waals surface area contributed by atoms with Crippen LogP contribution in [-0.2, 0) is 53.0 Å². The molecule has 0 fully saturated rings. The monoisotopic (exact) mass is 744 g/mol. The van der Waals surface area contributed by atoms with Gasteiger partial charge < -0.3 is 39.7 Å². The number of benzene rings is 3. The summed E-state index contributed by atoms with van der Waals surface area (Å²) in [5.41, 5.74) is 1.97. The topological polar surface area (TPSA) is 195 Å². The molecule has 0 spiro atoms. The minimum atomic E-state index is -1.31. The molecule has 0 radical (unpaired) electrons. The summed E-state index contributed by atoms with van der Waals surface area (Å²) in [7, 11) is 0. The van der Waals surface area contributed by atoms with Crippen molar-refractivity contribution in [3.63, 3.8) is 0 Å². The lowest BCUT2D eigenvalue weighted by Gasteiger charge is -2.22. The number of carboxylic acid groups (broad SMARTS) is 1. The highest BCUT2D eigenvalue weighted by atomic mass is 16.6. The number of carbonyl (C=O) groups excluding carboxylic acids is 4. The third kappa shape index (κ3) is 16.4. The molecule has 2 atom stereocenters. The largest absolute Gasteiger partial charge is 0.481 e. The maximum absolute atomic E-state index is 12.8. The molecule has 0 saturated heterocycles. The van der Waals surface area contributed by atoms with Gasteiger partial charge in [-0.3, -0.25) is 4.79 Å². The third-order valence-corrected chi connectivity index (χ3v) is 6.89. The number of esters is 2. The van der Waals surface area contributed by atoms with Gasteiger partial charge in [0.2, 0.25) is 0 Å². The molecule has 0 aliphatic rings. The summed E-state index contributed by atoms with van der Waals surface area (Å²) in [5, 5.41) is 13.7. The lowest BCUT2D eigenvalue weighted by atomic mass is 10.2. The van der Waals surface area contributed by atoms with E-state index in [1.165, 1.54) is 0 Å². The number of H-pyrrole nitrogens is 1. The Hall–Kier alpha value is -6.18. The molecular weight excluding hydrogens is 696 g/mol. The van der Waals surface area contributed by atoms with Crippen molar-refractivity contribution in [1.82, 2.24) is 20.6 Å². The molecule has 54 heavy (non-hydrogen) atoms. The van der Waals surface area contributed by atoms with Crippen molar-refractivity contribution in [3.05, 3.63) is 114 Å². The Morgan fingerprint density at radius 2 is 1.09 bits per heavy atom. The maximum atomic E-state index is 12.8. The number of hydrogen-bond donors (Lipinski definition) is 4. The number of imidazole rings is 1. The van der Waals surface area contributed by atoms with E-state index in [1.807, 2.05) is 66.7 Å². The van der Waals surface area contributed by atoms with Gasteiger partial charge in [-0.1, -0.05) is 91.0 Å². The van der Waals surface area contributed by atoms with Crippen LogP contribution in [0.15, 0.2) is 97.2 Å². The van der Waals surface area contributed by atoms with Crippen LogP contribution in [0.25, 0.3) is 11.3 Å². The zero-order valence-corrected chi connectivity index (χ0v) is 31.3. The van der Waals surface area contributed by atoms with Gasteiger partial charge in [-0.2, -0.15) is 0 Å². The number of aromatic amines is 1. The predicted molar refractivity (Wildman–Crippen MR) is 199 cm³/mol. The first-order valence-electron chi connectivity index (χ1n) is 17.2. The molecule has 4 rings (SSSR count). The van der Waals surface area contributed by atoms with E-state index in [1.54, 1.807) is 72.0 Å².